The van der Waals surface area contributed by atoms with Crippen molar-refractivity contribution in [3.63, 3.8) is 0 Å². The van der Waals surface area contributed by atoms with E-state index in [1.54, 1.807) is 24.3 Å². The number of nitrogens with one attached hydrogen (secondary N) is 2. The van der Waals surface area contributed by atoms with Gasteiger partial charge in [0.15, 0.2) is 0 Å². The van der Waals surface area contributed by atoms with Gasteiger partial charge < -0.3 is 21.5 Å². The summed E-state index contributed by atoms with van der Waals surface area (Å²) in [5, 5.41) is 14.3. The van der Waals surface area contributed by atoms with Gasteiger partial charge in [-0.15, -0.1) is 0 Å². The number of carbonyl (C=O) groups excluding carboxylic acids is 2. The van der Waals surface area contributed by atoms with Gasteiger partial charge in [0.1, 0.15) is 6.04 Å². The molecule has 25 heavy (non-hydrogen) atoms. The van der Waals surface area contributed by atoms with E-state index in [0.29, 0.717) is 17.7 Å². The molecule has 0 radical (unpaired) electrons. The highest BCUT2D eigenvalue weighted by Crippen LogP contribution is 2.07. The predicted molar refractivity (Wildman–Crippen MR) is 102 cm³/mol. The molecular weight excluding hydrogens is 362 g/mol. The number of aliphatic carboxylic acids is 1. The first-order valence-corrected chi connectivity index (χ1v) is 9.67. The van der Waals surface area contributed by atoms with Crippen molar-refractivity contribution in [2.45, 2.75) is 25.0 Å². The highest BCUT2D eigenvalue weighted by Gasteiger charge is 2.20. The average Bonchev–Trinajstić information content (AvgIpc) is 2.62. The Balaban J connectivity index is 2.61. The number of hydrogen-bond acceptors (Lipinski definition) is 6. The third-order valence-electron chi connectivity index (χ3n) is 3.43. The second kappa shape index (κ2) is 11.0. The van der Waals surface area contributed by atoms with Crippen LogP contribution in [0.1, 0.15) is 22.3 Å². The van der Waals surface area contributed by atoms with Gasteiger partial charge in [0.05, 0.1) is 6.04 Å². The summed E-state index contributed by atoms with van der Waals surface area (Å²) >= 11 is 5.48. The van der Waals surface area contributed by atoms with Crippen molar-refractivity contribution in [2.24, 2.45) is 5.73 Å². The van der Waals surface area contributed by atoms with Gasteiger partial charge in [-0.05, 0) is 36.1 Å². The minimum Gasteiger partial charge on any atom is -0.480 e. The maximum atomic E-state index is 12.2. The monoisotopic (exact) mass is 385 g/mol. The first kappa shape index (κ1) is 21.3. The van der Waals surface area contributed by atoms with Crippen molar-refractivity contribution in [3.8, 4) is 0 Å². The fourth-order valence-corrected chi connectivity index (χ4v) is 2.55. The average molecular weight is 386 g/mol. The molecule has 1 aromatic rings. The molecule has 2 unspecified atom stereocenters. The van der Waals surface area contributed by atoms with Gasteiger partial charge >= 0.3 is 5.97 Å². The molecule has 1 rings (SSSR count). The lowest BCUT2D eigenvalue weighted by Crippen LogP contribution is -2.41. The largest absolute Gasteiger partial charge is 0.480 e. The molecule has 0 aliphatic carbocycles. The minimum atomic E-state index is -1.05. The van der Waals surface area contributed by atoms with Crippen LogP contribution in [0.5, 0.6) is 0 Å². The predicted octanol–water partition coefficient (Wildman–Crippen LogP) is 0.496. The molecule has 2 amide bonds. The lowest BCUT2D eigenvalue weighted by atomic mass is 10.1. The Labute approximate surface area is 156 Å². The molecule has 0 fully saturated rings. The number of carboxylic acids is 1. The van der Waals surface area contributed by atoms with Gasteiger partial charge in [-0.25, -0.2) is 4.79 Å². The van der Waals surface area contributed by atoms with Crippen LogP contribution in [-0.4, -0.2) is 52.7 Å². The zero-order chi connectivity index (χ0) is 18.8. The first-order valence-electron chi connectivity index (χ1n) is 7.64. The molecule has 9 heteroatoms. The van der Waals surface area contributed by atoms with E-state index in [2.05, 4.69) is 23.3 Å². The molecule has 138 valence electrons. The van der Waals surface area contributed by atoms with E-state index >= 15 is 0 Å². The smallest absolute Gasteiger partial charge is 0.326 e. The minimum absolute atomic E-state index is 0.256. The van der Waals surface area contributed by atoms with Crippen LogP contribution < -0.4 is 16.4 Å². The number of carbonyl (C=O) groups is 3. The van der Waals surface area contributed by atoms with E-state index in [0.717, 1.165) is 5.56 Å². The van der Waals surface area contributed by atoms with Crippen molar-refractivity contribution in [1.82, 2.24) is 10.6 Å². The van der Waals surface area contributed by atoms with Gasteiger partial charge in [0.2, 0.25) is 5.91 Å². The highest BCUT2D eigenvalue weighted by atomic mass is 32.2. The van der Waals surface area contributed by atoms with Crippen molar-refractivity contribution in [3.05, 3.63) is 35.4 Å². The topological polar surface area (TPSA) is 122 Å². The first-order chi connectivity index (χ1) is 11.9. The fraction of sp³-hybridized carbons (Fsp3) is 0.438. The molecule has 0 saturated carbocycles. The molecule has 0 spiro atoms. The lowest BCUT2D eigenvalue weighted by Gasteiger charge is -2.14. The number of rotatable bonds is 10. The standard InChI is InChI=1S/C16H23N3O4S2/c1-25-7-6-13(16(22)23)19-14(20)11-4-2-10(3-5-11)8-18-15(21)12(17)9-24/h2-5,12-13,24H,6-9,17H2,1H3,(H,18,21)(H,19,20)(H,22,23). The van der Waals surface area contributed by atoms with Crippen LogP contribution in [-0.2, 0) is 16.1 Å². The summed E-state index contributed by atoms with van der Waals surface area (Å²) in [7, 11) is 0. The summed E-state index contributed by atoms with van der Waals surface area (Å²) in [5.74, 6) is -0.894. The Morgan fingerprint density at radius 2 is 1.92 bits per heavy atom. The summed E-state index contributed by atoms with van der Waals surface area (Å²) in [6.07, 6.45) is 2.24. The summed E-state index contributed by atoms with van der Waals surface area (Å²) in [5.41, 5.74) is 6.72. The Morgan fingerprint density at radius 3 is 2.44 bits per heavy atom. The SMILES string of the molecule is CSCCC(NC(=O)c1ccc(CNC(=O)C(N)CS)cc1)C(=O)O. The Kier molecular flexibility index (Phi) is 9.40. The van der Waals surface area contributed by atoms with E-state index in [1.807, 2.05) is 6.26 Å². The van der Waals surface area contributed by atoms with Crippen molar-refractivity contribution < 1.29 is 19.5 Å². The molecule has 1 aromatic carbocycles. The zero-order valence-electron chi connectivity index (χ0n) is 13.9. The fourth-order valence-electron chi connectivity index (χ4n) is 1.91. The molecule has 0 bridgehead atoms. The molecule has 2 atom stereocenters. The van der Waals surface area contributed by atoms with E-state index < -0.39 is 24.0 Å². The van der Waals surface area contributed by atoms with Crippen LogP contribution in [0.15, 0.2) is 24.3 Å². The maximum absolute atomic E-state index is 12.2. The molecular formula is C16H23N3O4S2. The summed E-state index contributed by atoms with van der Waals surface area (Å²) < 4.78 is 0. The number of hydrogen-bond donors (Lipinski definition) is 5. The highest BCUT2D eigenvalue weighted by molar-refractivity contribution is 7.98. The molecule has 5 N–H and O–H groups in total. The van der Waals surface area contributed by atoms with Crippen LogP contribution in [0.2, 0.25) is 0 Å². The van der Waals surface area contributed by atoms with E-state index in [4.69, 9.17) is 10.8 Å². The number of nitrogens with two attached hydrogens (primary N) is 1. The third-order valence-corrected chi connectivity index (χ3v) is 4.47. The van der Waals surface area contributed by atoms with E-state index in [1.165, 1.54) is 11.8 Å². The molecule has 0 aromatic heterocycles. The van der Waals surface area contributed by atoms with Crippen LogP contribution in [0.25, 0.3) is 0 Å². The maximum Gasteiger partial charge on any atom is 0.326 e. The second-order valence-electron chi connectivity index (χ2n) is 5.35. The van der Waals surface area contributed by atoms with Gasteiger partial charge in [0, 0.05) is 17.9 Å². The number of thioether (sulfide) groups is 1. The van der Waals surface area contributed by atoms with E-state index in [-0.39, 0.29) is 18.2 Å². The molecule has 0 saturated heterocycles. The molecule has 0 aliphatic heterocycles. The second-order valence-corrected chi connectivity index (χ2v) is 6.70. The quantitative estimate of drug-likeness (QED) is 0.374. The molecule has 0 aliphatic rings. The van der Waals surface area contributed by atoms with Gasteiger partial charge in [-0.2, -0.15) is 24.4 Å². The summed E-state index contributed by atoms with van der Waals surface area (Å²) in [6.45, 7) is 0.285. The van der Waals surface area contributed by atoms with Crippen molar-refractivity contribution in [2.75, 3.05) is 17.8 Å². The van der Waals surface area contributed by atoms with Crippen molar-refractivity contribution in [1.29, 1.82) is 0 Å². The number of carboxylic acid groups (broad SMARTS) is 1. The summed E-state index contributed by atoms with van der Waals surface area (Å²) in [6, 6.07) is 4.98. The molecule has 0 heterocycles. The van der Waals surface area contributed by atoms with Crippen LogP contribution in [0.4, 0.5) is 0 Å². The molecule has 7 nitrogen and oxygen atoms in total. The number of amides is 2. The van der Waals surface area contributed by atoms with Crippen LogP contribution in [0, 0.1) is 0 Å². The number of thiol groups is 1. The lowest BCUT2D eigenvalue weighted by molar-refractivity contribution is -0.139. The van der Waals surface area contributed by atoms with Crippen molar-refractivity contribution >= 4 is 42.2 Å². The zero-order valence-corrected chi connectivity index (χ0v) is 15.6. The summed E-state index contributed by atoms with van der Waals surface area (Å²) in [4.78, 5) is 34.9. The van der Waals surface area contributed by atoms with Gasteiger partial charge in [0.25, 0.3) is 5.91 Å². The Bertz CT molecular complexity index is 596. The van der Waals surface area contributed by atoms with Crippen LogP contribution >= 0.6 is 24.4 Å². The normalized spacial score (nSPS) is 12.9. The van der Waals surface area contributed by atoms with E-state index in [9.17, 15) is 14.4 Å². The third kappa shape index (κ3) is 7.37. The van der Waals surface area contributed by atoms with Crippen LogP contribution in [0.3, 0.4) is 0 Å². The van der Waals surface area contributed by atoms with Gasteiger partial charge in [-0.1, -0.05) is 12.1 Å². The Hall–Kier alpha value is -1.71. The van der Waals surface area contributed by atoms with Gasteiger partial charge in [-0.3, -0.25) is 9.59 Å². The number of benzene rings is 1. The Morgan fingerprint density at radius 1 is 1.28 bits per heavy atom.